The first-order chi connectivity index (χ1) is 7.17. The second kappa shape index (κ2) is 5.41. The molecule has 0 aliphatic carbocycles. The van der Waals surface area contributed by atoms with Gasteiger partial charge >= 0.3 is 0 Å². The standard InChI is InChI=1S/C13H18N2/c1-4-15(10-12(3)9-14)13-7-5-11(2)6-8-13/h5-8,12H,4,10H2,1-3H3. The van der Waals surface area contributed by atoms with E-state index in [-0.39, 0.29) is 5.92 Å². The van der Waals surface area contributed by atoms with Crippen molar-refractivity contribution in [3.8, 4) is 6.07 Å². The van der Waals surface area contributed by atoms with Gasteiger partial charge < -0.3 is 4.90 Å². The Bertz CT molecular complexity index is 335. The second-order valence-corrected chi connectivity index (χ2v) is 3.90. The molecule has 1 rings (SSSR count). The van der Waals surface area contributed by atoms with E-state index in [1.54, 1.807) is 0 Å². The van der Waals surface area contributed by atoms with Gasteiger partial charge in [0.15, 0.2) is 0 Å². The van der Waals surface area contributed by atoms with Gasteiger partial charge in [-0.3, -0.25) is 0 Å². The third kappa shape index (κ3) is 3.28. The van der Waals surface area contributed by atoms with Crippen LogP contribution in [0, 0.1) is 24.2 Å². The van der Waals surface area contributed by atoms with E-state index in [4.69, 9.17) is 5.26 Å². The molecule has 0 N–H and O–H groups in total. The van der Waals surface area contributed by atoms with Crippen molar-refractivity contribution in [1.82, 2.24) is 0 Å². The van der Waals surface area contributed by atoms with Crippen molar-refractivity contribution < 1.29 is 0 Å². The Labute approximate surface area is 92.1 Å². The monoisotopic (exact) mass is 202 g/mol. The molecule has 0 bridgehead atoms. The SMILES string of the molecule is CCN(CC(C)C#N)c1ccc(C)cc1. The van der Waals surface area contributed by atoms with Gasteiger partial charge in [0.25, 0.3) is 0 Å². The lowest BCUT2D eigenvalue weighted by Crippen LogP contribution is -2.27. The summed E-state index contributed by atoms with van der Waals surface area (Å²) in [6.07, 6.45) is 0. The number of nitriles is 1. The Morgan fingerprint density at radius 3 is 2.40 bits per heavy atom. The van der Waals surface area contributed by atoms with Crippen molar-refractivity contribution in [2.75, 3.05) is 18.0 Å². The van der Waals surface area contributed by atoms with Crippen molar-refractivity contribution in [1.29, 1.82) is 5.26 Å². The zero-order valence-electron chi connectivity index (χ0n) is 9.70. The molecular formula is C13H18N2. The van der Waals surface area contributed by atoms with Crippen LogP contribution in [0.5, 0.6) is 0 Å². The Morgan fingerprint density at radius 2 is 1.93 bits per heavy atom. The molecule has 0 saturated heterocycles. The topological polar surface area (TPSA) is 27.0 Å². The minimum Gasteiger partial charge on any atom is -0.371 e. The normalized spacial score (nSPS) is 11.9. The van der Waals surface area contributed by atoms with Crippen LogP contribution in [0.4, 0.5) is 5.69 Å². The summed E-state index contributed by atoms with van der Waals surface area (Å²) in [4.78, 5) is 2.23. The van der Waals surface area contributed by atoms with Crippen LogP contribution in [0.3, 0.4) is 0 Å². The molecule has 1 aromatic rings. The zero-order chi connectivity index (χ0) is 11.3. The van der Waals surface area contributed by atoms with E-state index in [0.717, 1.165) is 13.1 Å². The lowest BCUT2D eigenvalue weighted by atomic mass is 10.1. The number of aryl methyl sites for hydroxylation is 1. The zero-order valence-corrected chi connectivity index (χ0v) is 9.70. The molecular weight excluding hydrogens is 184 g/mol. The molecule has 0 radical (unpaired) electrons. The van der Waals surface area contributed by atoms with E-state index in [2.05, 4.69) is 49.1 Å². The Kier molecular flexibility index (Phi) is 4.17. The number of benzene rings is 1. The molecule has 1 unspecified atom stereocenters. The number of rotatable bonds is 4. The molecule has 0 aliphatic rings. The van der Waals surface area contributed by atoms with E-state index >= 15 is 0 Å². The molecule has 0 saturated carbocycles. The lowest BCUT2D eigenvalue weighted by molar-refractivity contribution is 0.686. The summed E-state index contributed by atoms with van der Waals surface area (Å²) >= 11 is 0. The molecule has 1 atom stereocenters. The van der Waals surface area contributed by atoms with Gasteiger partial charge in [0, 0.05) is 18.8 Å². The maximum absolute atomic E-state index is 8.79. The van der Waals surface area contributed by atoms with Gasteiger partial charge in [-0.25, -0.2) is 0 Å². The summed E-state index contributed by atoms with van der Waals surface area (Å²) in [5.74, 6) is 0.0752. The maximum Gasteiger partial charge on any atom is 0.0671 e. The van der Waals surface area contributed by atoms with E-state index < -0.39 is 0 Å². The Balaban J connectivity index is 2.75. The summed E-state index contributed by atoms with van der Waals surface area (Å²) in [6, 6.07) is 10.7. The molecule has 15 heavy (non-hydrogen) atoms. The first kappa shape index (κ1) is 11.6. The minimum atomic E-state index is 0.0752. The number of hydrogen-bond acceptors (Lipinski definition) is 2. The number of anilines is 1. The molecule has 0 aliphatic heterocycles. The van der Waals surface area contributed by atoms with Crippen molar-refractivity contribution in [2.24, 2.45) is 5.92 Å². The van der Waals surface area contributed by atoms with Crippen LogP contribution in [0.2, 0.25) is 0 Å². The summed E-state index contributed by atoms with van der Waals surface area (Å²) in [5.41, 5.74) is 2.47. The second-order valence-electron chi connectivity index (χ2n) is 3.90. The van der Waals surface area contributed by atoms with Gasteiger partial charge in [-0.05, 0) is 32.9 Å². The van der Waals surface area contributed by atoms with Gasteiger partial charge in [-0.15, -0.1) is 0 Å². The summed E-state index contributed by atoms with van der Waals surface area (Å²) in [5, 5.41) is 8.79. The third-order valence-corrected chi connectivity index (χ3v) is 2.50. The third-order valence-electron chi connectivity index (χ3n) is 2.50. The lowest BCUT2D eigenvalue weighted by Gasteiger charge is -2.24. The van der Waals surface area contributed by atoms with Gasteiger partial charge in [0.05, 0.1) is 12.0 Å². The van der Waals surface area contributed by atoms with Crippen molar-refractivity contribution in [3.05, 3.63) is 29.8 Å². The van der Waals surface area contributed by atoms with Crippen molar-refractivity contribution >= 4 is 5.69 Å². The highest BCUT2D eigenvalue weighted by Crippen LogP contribution is 2.16. The fraction of sp³-hybridized carbons (Fsp3) is 0.462. The number of hydrogen-bond donors (Lipinski definition) is 0. The molecule has 0 amide bonds. The minimum absolute atomic E-state index is 0.0752. The largest absolute Gasteiger partial charge is 0.371 e. The summed E-state index contributed by atoms with van der Waals surface area (Å²) < 4.78 is 0. The molecule has 2 nitrogen and oxygen atoms in total. The highest BCUT2D eigenvalue weighted by Gasteiger charge is 2.08. The van der Waals surface area contributed by atoms with E-state index in [1.807, 2.05) is 6.92 Å². The van der Waals surface area contributed by atoms with Gasteiger partial charge in [0.2, 0.25) is 0 Å². The van der Waals surface area contributed by atoms with Gasteiger partial charge in [-0.1, -0.05) is 17.7 Å². The Morgan fingerprint density at radius 1 is 1.33 bits per heavy atom. The van der Waals surface area contributed by atoms with Crippen LogP contribution in [0.1, 0.15) is 19.4 Å². The molecule has 0 fully saturated rings. The maximum atomic E-state index is 8.79. The first-order valence-electron chi connectivity index (χ1n) is 5.38. The smallest absolute Gasteiger partial charge is 0.0671 e. The average Bonchev–Trinajstić information content (AvgIpc) is 2.27. The predicted octanol–water partition coefficient (Wildman–Crippen LogP) is 2.98. The fourth-order valence-electron chi connectivity index (χ4n) is 1.54. The van der Waals surface area contributed by atoms with Crippen LogP contribution in [-0.4, -0.2) is 13.1 Å². The molecule has 80 valence electrons. The van der Waals surface area contributed by atoms with E-state index in [1.165, 1.54) is 11.3 Å². The average molecular weight is 202 g/mol. The highest BCUT2D eigenvalue weighted by atomic mass is 15.1. The molecule has 0 heterocycles. The van der Waals surface area contributed by atoms with Gasteiger partial charge in [-0.2, -0.15) is 5.26 Å². The predicted molar refractivity (Wildman–Crippen MR) is 63.8 cm³/mol. The summed E-state index contributed by atoms with van der Waals surface area (Å²) in [6.45, 7) is 7.89. The van der Waals surface area contributed by atoms with Crippen LogP contribution < -0.4 is 4.90 Å². The van der Waals surface area contributed by atoms with Crippen LogP contribution in [-0.2, 0) is 0 Å². The van der Waals surface area contributed by atoms with Crippen LogP contribution in [0.15, 0.2) is 24.3 Å². The quantitative estimate of drug-likeness (QED) is 0.750. The summed E-state index contributed by atoms with van der Waals surface area (Å²) in [7, 11) is 0. The van der Waals surface area contributed by atoms with E-state index in [9.17, 15) is 0 Å². The molecule has 0 aromatic heterocycles. The van der Waals surface area contributed by atoms with Crippen molar-refractivity contribution in [3.63, 3.8) is 0 Å². The first-order valence-corrected chi connectivity index (χ1v) is 5.38. The van der Waals surface area contributed by atoms with Crippen molar-refractivity contribution in [2.45, 2.75) is 20.8 Å². The molecule has 2 heteroatoms. The Hall–Kier alpha value is -1.49. The fourth-order valence-corrected chi connectivity index (χ4v) is 1.54. The molecule has 1 aromatic carbocycles. The van der Waals surface area contributed by atoms with Crippen LogP contribution in [0.25, 0.3) is 0 Å². The molecule has 0 spiro atoms. The van der Waals surface area contributed by atoms with E-state index in [0.29, 0.717) is 0 Å². The van der Waals surface area contributed by atoms with Gasteiger partial charge in [0.1, 0.15) is 0 Å². The number of nitrogens with zero attached hydrogens (tertiary/aromatic N) is 2. The van der Waals surface area contributed by atoms with Crippen LogP contribution >= 0.6 is 0 Å². The highest BCUT2D eigenvalue weighted by molar-refractivity contribution is 5.47.